The van der Waals surface area contributed by atoms with Crippen molar-refractivity contribution in [3.05, 3.63) is 0 Å². The van der Waals surface area contributed by atoms with Crippen molar-refractivity contribution in [2.75, 3.05) is 6.54 Å². The third-order valence-corrected chi connectivity index (χ3v) is 4.57. The Morgan fingerprint density at radius 1 is 1.11 bits per heavy atom. The molecule has 1 N–H and O–H groups in total. The lowest BCUT2D eigenvalue weighted by Crippen LogP contribution is -2.48. The zero-order valence-electron chi connectivity index (χ0n) is 11.3. The van der Waals surface area contributed by atoms with E-state index < -0.39 is 11.9 Å². The molecule has 0 radical (unpaired) electrons. The molecule has 18 heavy (non-hydrogen) atoms. The molecule has 1 aliphatic heterocycles. The van der Waals surface area contributed by atoms with Crippen molar-refractivity contribution in [3.63, 3.8) is 0 Å². The van der Waals surface area contributed by atoms with Crippen LogP contribution in [0.1, 0.15) is 46.0 Å². The van der Waals surface area contributed by atoms with Crippen LogP contribution >= 0.6 is 0 Å². The molecule has 2 fully saturated rings. The fourth-order valence-electron chi connectivity index (χ4n) is 3.50. The first kappa shape index (κ1) is 13.4. The van der Waals surface area contributed by atoms with Gasteiger partial charge < -0.3 is 10.0 Å². The van der Waals surface area contributed by atoms with Crippen LogP contribution in [-0.4, -0.2) is 34.5 Å². The molecule has 102 valence electrons. The molecule has 2 aliphatic rings. The van der Waals surface area contributed by atoms with Crippen molar-refractivity contribution in [2.45, 2.75) is 52.0 Å². The van der Waals surface area contributed by atoms with Gasteiger partial charge in [0.05, 0.1) is 11.8 Å². The highest BCUT2D eigenvalue weighted by atomic mass is 16.4. The summed E-state index contributed by atoms with van der Waals surface area (Å²) in [6.45, 7) is 5.09. The SMILES string of the molecule is CC1CCN(C(=O)C2CCCC2C(=O)O)C(C)C1. The molecule has 4 unspecified atom stereocenters. The van der Waals surface area contributed by atoms with Gasteiger partial charge in [0, 0.05) is 12.6 Å². The number of carboxylic acids is 1. The van der Waals surface area contributed by atoms with Gasteiger partial charge >= 0.3 is 5.97 Å². The molecule has 4 nitrogen and oxygen atoms in total. The van der Waals surface area contributed by atoms with Crippen LogP contribution in [0, 0.1) is 17.8 Å². The second-order valence-electron chi connectivity index (χ2n) is 5.99. The smallest absolute Gasteiger partial charge is 0.307 e. The molecule has 4 atom stereocenters. The van der Waals surface area contributed by atoms with Crippen LogP contribution in [0.15, 0.2) is 0 Å². The van der Waals surface area contributed by atoms with Crippen LogP contribution < -0.4 is 0 Å². The highest BCUT2D eigenvalue weighted by Gasteiger charge is 2.41. The largest absolute Gasteiger partial charge is 0.481 e. The number of nitrogens with zero attached hydrogens (tertiary/aromatic N) is 1. The number of rotatable bonds is 2. The van der Waals surface area contributed by atoms with Crippen LogP contribution in [0.5, 0.6) is 0 Å². The number of aliphatic carboxylic acids is 1. The molecule has 1 amide bonds. The normalized spacial score (nSPS) is 36.7. The summed E-state index contributed by atoms with van der Waals surface area (Å²) in [7, 11) is 0. The number of hydrogen-bond acceptors (Lipinski definition) is 2. The number of amides is 1. The maximum atomic E-state index is 12.5. The van der Waals surface area contributed by atoms with Crippen molar-refractivity contribution < 1.29 is 14.7 Å². The minimum atomic E-state index is -0.802. The predicted molar refractivity (Wildman–Crippen MR) is 68.0 cm³/mol. The van der Waals surface area contributed by atoms with Gasteiger partial charge in [0.2, 0.25) is 5.91 Å². The van der Waals surface area contributed by atoms with Gasteiger partial charge in [-0.25, -0.2) is 0 Å². The van der Waals surface area contributed by atoms with E-state index in [1.165, 1.54) is 0 Å². The molecule has 0 bridgehead atoms. The van der Waals surface area contributed by atoms with E-state index in [4.69, 9.17) is 5.11 Å². The van der Waals surface area contributed by atoms with Gasteiger partial charge in [-0.2, -0.15) is 0 Å². The van der Waals surface area contributed by atoms with Gasteiger partial charge in [0.15, 0.2) is 0 Å². The number of carboxylic acid groups (broad SMARTS) is 1. The van der Waals surface area contributed by atoms with Gasteiger partial charge in [-0.15, -0.1) is 0 Å². The molecule has 2 rings (SSSR count). The lowest BCUT2D eigenvalue weighted by Gasteiger charge is -2.38. The molecule has 4 heteroatoms. The summed E-state index contributed by atoms with van der Waals surface area (Å²) in [4.78, 5) is 25.6. The summed E-state index contributed by atoms with van der Waals surface area (Å²) in [6.07, 6.45) is 4.35. The van der Waals surface area contributed by atoms with E-state index in [1.54, 1.807) is 0 Å². The van der Waals surface area contributed by atoms with Crippen molar-refractivity contribution in [1.29, 1.82) is 0 Å². The first-order valence-corrected chi connectivity index (χ1v) is 7.04. The van der Waals surface area contributed by atoms with Crippen molar-refractivity contribution in [3.8, 4) is 0 Å². The van der Waals surface area contributed by atoms with E-state index >= 15 is 0 Å². The lowest BCUT2D eigenvalue weighted by atomic mass is 9.89. The van der Waals surface area contributed by atoms with Gasteiger partial charge in [0.25, 0.3) is 0 Å². The number of piperidine rings is 1. The van der Waals surface area contributed by atoms with Crippen molar-refractivity contribution >= 4 is 11.9 Å². The summed E-state index contributed by atoms with van der Waals surface area (Å²) in [6, 6.07) is 0.260. The minimum absolute atomic E-state index is 0.0827. The maximum Gasteiger partial charge on any atom is 0.307 e. The molecule has 0 aromatic heterocycles. The molecule has 0 aromatic carbocycles. The summed E-state index contributed by atoms with van der Waals surface area (Å²) in [5, 5.41) is 9.17. The van der Waals surface area contributed by atoms with Gasteiger partial charge in [-0.1, -0.05) is 13.3 Å². The molecular formula is C14H23NO3. The van der Waals surface area contributed by atoms with E-state index in [9.17, 15) is 9.59 Å². The number of hydrogen-bond donors (Lipinski definition) is 1. The zero-order valence-corrected chi connectivity index (χ0v) is 11.3. The summed E-state index contributed by atoms with van der Waals surface area (Å²) >= 11 is 0. The first-order valence-electron chi connectivity index (χ1n) is 7.04. The summed E-state index contributed by atoms with van der Waals surface area (Å²) < 4.78 is 0. The molecule has 1 saturated carbocycles. The third-order valence-electron chi connectivity index (χ3n) is 4.57. The standard InChI is InChI=1S/C14H23NO3/c1-9-6-7-15(10(2)8-9)13(16)11-4-3-5-12(11)14(17)18/h9-12H,3-8H2,1-2H3,(H,17,18). The Bertz CT molecular complexity index is 342. The average Bonchev–Trinajstić information content (AvgIpc) is 2.77. The average molecular weight is 253 g/mol. The van der Waals surface area contributed by atoms with Crippen LogP contribution in [0.4, 0.5) is 0 Å². The summed E-state index contributed by atoms with van der Waals surface area (Å²) in [5.41, 5.74) is 0. The molecular weight excluding hydrogens is 230 g/mol. The number of likely N-dealkylation sites (tertiary alicyclic amines) is 1. The van der Waals surface area contributed by atoms with Gasteiger partial charge in [-0.05, 0) is 38.5 Å². The Morgan fingerprint density at radius 2 is 1.78 bits per heavy atom. The topological polar surface area (TPSA) is 57.6 Å². The van der Waals surface area contributed by atoms with Crippen LogP contribution in [-0.2, 0) is 9.59 Å². The zero-order chi connectivity index (χ0) is 13.3. The van der Waals surface area contributed by atoms with E-state index in [0.717, 1.165) is 32.2 Å². The second-order valence-corrected chi connectivity index (χ2v) is 5.99. The molecule has 1 heterocycles. The van der Waals surface area contributed by atoms with Crippen LogP contribution in [0.3, 0.4) is 0 Å². The predicted octanol–water partition coefficient (Wildman–Crippen LogP) is 2.13. The molecule has 0 aromatic rings. The Labute approximate surface area is 108 Å². The Balaban J connectivity index is 2.04. The fourth-order valence-corrected chi connectivity index (χ4v) is 3.50. The fraction of sp³-hybridized carbons (Fsp3) is 0.857. The van der Waals surface area contributed by atoms with Crippen LogP contribution in [0.2, 0.25) is 0 Å². The van der Waals surface area contributed by atoms with Gasteiger partial charge in [0.1, 0.15) is 0 Å². The summed E-state index contributed by atoms with van der Waals surface area (Å²) in [5.74, 6) is -0.784. The first-order chi connectivity index (χ1) is 8.50. The monoisotopic (exact) mass is 253 g/mol. The maximum absolute atomic E-state index is 12.5. The Kier molecular flexibility index (Phi) is 3.93. The van der Waals surface area contributed by atoms with E-state index in [1.807, 2.05) is 4.90 Å². The van der Waals surface area contributed by atoms with Crippen molar-refractivity contribution in [1.82, 2.24) is 4.90 Å². The quantitative estimate of drug-likeness (QED) is 0.820. The highest BCUT2D eigenvalue weighted by molar-refractivity contribution is 5.85. The highest BCUT2D eigenvalue weighted by Crippen LogP contribution is 2.35. The van der Waals surface area contributed by atoms with Gasteiger partial charge in [-0.3, -0.25) is 9.59 Å². The molecule has 1 aliphatic carbocycles. The Morgan fingerprint density at radius 3 is 2.39 bits per heavy atom. The van der Waals surface area contributed by atoms with E-state index in [0.29, 0.717) is 12.3 Å². The molecule has 1 saturated heterocycles. The van der Waals surface area contributed by atoms with E-state index in [-0.39, 0.29) is 17.9 Å². The minimum Gasteiger partial charge on any atom is -0.481 e. The number of carbonyl (C=O) groups excluding carboxylic acids is 1. The van der Waals surface area contributed by atoms with Crippen LogP contribution in [0.25, 0.3) is 0 Å². The molecule has 0 spiro atoms. The van der Waals surface area contributed by atoms with Crippen molar-refractivity contribution in [2.24, 2.45) is 17.8 Å². The Hall–Kier alpha value is -1.06. The lowest BCUT2D eigenvalue weighted by molar-refractivity contribution is -0.150. The number of carbonyl (C=O) groups is 2. The van der Waals surface area contributed by atoms with E-state index in [2.05, 4.69) is 13.8 Å². The third kappa shape index (κ3) is 2.52. The second kappa shape index (κ2) is 5.29.